The number of hydrogen-bond donors (Lipinski definition) is 2. The zero-order valence-electron chi connectivity index (χ0n) is 13.1. The Labute approximate surface area is 122 Å². The summed E-state index contributed by atoms with van der Waals surface area (Å²) in [5.74, 6) is 3.31. The molecule has 0 spiro atoms. The molecule has 112 valence electrons. The third-order valence-corrected chi connectivity index (χ3v) is 4.13. The SMILES string of the molecule is CCNc1ncnc(NCCC2CCCC2)c1C(C)C. The molecule has 2 rings (SSSR count). The number of aromatic nitrogens is 2. The number of nitrogens with zero attached hydrogens (tertiary/aromatic N) is 2. The zero-order chi connectivity index (χ0) is 14.4. The quantitative estimate of drug-likeness (QED) is 0.789. The van der Waals surface area contributed by atoms with Crippen molar-refractivity contribution >= 4 is 11.6 Å². The minimum Gasteiger partial charge on any atom is -0.370 e. The molecular weight excluding hydrogens is 248 g/mol. The van der Waals surface area contributed by atoms with Crippen LogP contribution >= 0.6 is 0 Å². The minimum absolute atomic E-state index is 0.416. The molecule has 4 heteroatoms. The molecule has 0 aliphatic heterocycles. The van der Waals surface area contributed by atoms with E-state index in [1.807, 2.05) is 0 Å². The molecule has 0 saturated heterocycles. The van der Waals surface area contributed by atoms with Crippen LogP contribution in [0.3, 0.4) is 0 Å². The van der Waals surface area contributed by atoms with Gasteiger partial charge in [0.1, 0.15) is 18.0 Å². The van der Waals surface area contributed by atoms with Gasteiger partial charge in [0.15, 0.2) is 0 Å². The van der Waals surface area contributed by atoms with Gasteiger partial charge in [0, 0.05) is 18.7 Å². The highest BCUT2D eigenvalue weighted by atomic mass is 15.1. The maximum absolute atomic E-state index is 4.44. The molecule has 0 amide bonds. The number of hydrogen-bond acceptors (Lipinski definition) is 4. The van der Waals surface area contributed by atoms with Crippen LogP contribution in [0, 0.1) is 5.92 Å². The van der Waals surface area contributed by atoms with Crippen molar-refractivity contribution in [3.05, 3.63) is 11.9 Å². The summed E-state index contributed by atoms with van der Waals surface area (Å²) in [6.07, 6.45) is 8.57. The predicted molar refractivity (Wildman–Crippen MR) is 85.3 cm³/mol. The lowest BCUT2D eigenvalue weighted by atomic mass is 10.0. The molecular formula is C16H28N4. The molecule has 0 aromatic carbocycles. The first-order valence-corrected chi connectivity index (χ1v) is 8.05. The minimum atomic E-state index is 0.416. The Morgan fingerprint density at radius 2 is 1.80 bits per heavy atom. The fraction of sp³-hybridized carbons (Fsp3) is 0.750. The Hall–Kier alpha value is -1.32. The van der Waals surface area contributed by atoms with Crippen LogP contribution in [0.4, 0.5) is 11.6 Å². The Kier molecular flexibility index (Phi) is 5.62. The van der Waals surface area contributed by atoms with Crippen LogP contribution in [0.1, 0.15) is 64.4 Å². The van der Waals surface area contributed by atoms with E-state index in [0.29, 0.717) is 5.92 Å². The fourth-order valence-electron chi connectivity index (χ4n) is 3.09. The molecule has 1 heterocycles. The van der Waals surface area contributed by atoms with Crippen LogP contribution in [0.5, 0.6) is 0 Å². The van der Waals surface area contributed by atoms with E-state index in [0.717, 1.165) is 30.6 Å². The molecule has 0 radical (unpaired) electrons. The lowest BCUT2D eigenvalue weighted by Gasteiger charge is -2.18. The molecule has 1 fully saturated rings. The van der Waals surface area contributed by atoms with Crippen molar-refractivity contribution in [2.45, 2.75) is 58.8 Å². The van der Waals surface area contributed by atoms with Gasteiger partial charge in [-0.2, -0.15) is 0 Å². The summed E-state index contributed by atoms with van der Waals surface area (Å²) in [5.41, 5.74) is 1.21. The van der Waals surface area contributed by atoms with E-state index in [2.05, 4.69) is 41.4 Å². The predicted octanol–water partition coefficient (Wildman–Crippen LogP) is 4.02. The lowest BCUT2D eigenvalue weighted by molar-refractivity contribution is 0.518. The Bertz CT molecular complexity index is 411. The Morgan fingerprint density at radius 1 is 1.15 bits per heavy atom. The van der Waals surface area contributed by atoms with E-state index >= 15 is 0 Å². The first-order valence-electron chi connectivity index (χ1n) is 8.05. The standard InChI is InChI=1S/C16H28N4/c1-4-17-15-14(12(2)3)16(20-11-19-15)18-10-9-13-7-5-6-8-13/h11-13H,4-10H2,1-3H3,(H2,17,18,19,20). The monoisotopic (exact) mass is 276 g/mol. The first-order chi connectivity index (χ1) is 9.72. The summed E-state index contributed by atoms with van der Waals surface area (Å²) in [6.45, 7) is 8.40. The molecule has 1 saturated carbocycles. The van der Waals surface area contributed by atoms with Crippen molar-refractivity contribution in [1.29, 1.82) is 0 Å². The molecule has 0 atom stereocenters. The van der Waals surface area contributed by atoms with E-state index in [1.165, 1.54) is 37.7 Å². The van der Waals surface area contributed by atoms with Crippen LogP contribution in [0.2, 0.25) is 0 Å². The molecule has 2 N–H and O–H groups in total. The van der Waals surface area contributed by atoms with Gasteiger partial charge in [0.2, 0.25) is 0 Å². The second-order valence-corrected chi connectivity index (χ2v) is 6.04. The van der Waals surface area contributed by atoms with Gasteiger partial charge < -0.3 is 10.6 Å². The second kappa shape index (κ2) is 7.46. The second-order valence-electron chi connectivity index (χ2n) is 6.04. The lowest BCUT2D eigenvalue weighted by Crippen LogP contribution is -2.13. The summed E-state index contributed by atoms with van der Waals surface area (Å²) in [7, 11) is 0. The summed E-state index contributed by atoms with van der Waals surface area (Å²) < 4.78 is 0. The van der Waals surface area contributed by atoms with Gasteiger partial charge in [-0.25, -0.2) is 9.97 Å². The summed E-state index contributed by atoms with van der Waals surface area (Å²) >= 11 is 0. The smallest absolute Gasteiger partial charge is 0.134 e. The van der Waals surface area contributed by atoms with Crippen LogP contribution in [0.25, 0.3) is 0 Å². The van der Waals surface area contributed by atoms with Gasteiger partial charge >= 0.3 is 0 Å². The van der Waals surface area contributed by atoms with Crippen molar-refractivity contribution in [1.82, 2.24) is 9.97 Å². The summed E-state index contributed by atoms with van der Waals surface area (Å²) in [4.78, 5) is 8.82. The van der Waals surface area contributed by atoms with E-state index in [-0.39, 0.29) is 0 Å². The molecule has 1 aliphatic rings. The van der Waals surface area contributed by atoms with Crippen LogP contribution in [0.15, 0.2) is 6.33 Å². The highest BCUT2D eigenvalue weighted by molar-refractivity contribution is 5.58. The van der Waals surface area contributed by atoms with Crippen LogP contribution in [-0.2, 0) is 0 Å². The summed E-state index contributed by atoms with van der Waals surface area (Å²) in [5, 5.41) is 6.87. The molecule has 0 bridgehead atoms. The van der Waals surface area contributed by atoms with Crippen molar-refractivity contribution in [2.24, 2.45) is 5.92 Å². The van der Waals surface area contributed by atoms with Gasteiger partial charge in [-0.05, 0) is 25.2 Å². The van der Waals surface area contributed by atoms with Gasteiger partial charge in [-0.15, -0.1) is 0 Å². The molecule has 1 aromatic heterocycles. The van der Waals surface area contributed by atoms with Gasteiger partial charge in [0.05, 0.1) is 0 Å². The Balaban J connectivity index is 1.99. The van der Waals surface area contributed by atoms with Crippen molar-refractivity contribution < 1.29 is 0 Å². The zero-order valence-corrected chi connectivity index (χ0v) is 13.1. The number of anilines is 2. The third-order valence-electron chi connectivity index (χ3n) is 4.13. The van der Waals surface area contributed by atoms with E-state index in [1.54, 1.807) is 6.33 Å². The molecule has 0 unspecified atom stereocenters. The van der Waals surface area contributed by atoms with Crippen molar-refractivity contribution in [3.63, 3.8) is 0 Å². The van der Waals surface area contributed by atoms with Gasteiger partial charge in [0.25, 0.3) is 0 Å². The Morgan fingerprint density at radius 3 is 2.40 bits per heavy atom. The van der Waals surface area contributed by atoms with Crippen LogP contribution in [-0.4, -0.2) is 23.1 Å². The van der Waals surface area contributed by atoms with Crippen molar-refractivity contribution in [2.75, 3.05) is 23.7 Å². The van der Waals surface area contributed by atoms with E-state index < -0.39 is 0 Å². The molecule has 1 aromatic rings. The maximum atomic E-state index is 4.44. The van der Waals surface area contributed by atoms with Crippen molar-refractivity contribution in [3.8, 4) is 0 Å². The number of nitrogens with one attached hydrogen (secondary N) is 2. The van der Waals surface area contributed by atoms with E-state index in [9.17, 15) is 0 Å². The summed E-state index contributed by atoms with van der Waals surface area (Å²) in [6, 6.07) is 0. The normalized spacial score (nSPS) is 15.8. The molecule has 1 aliphatic carbocycles. The average Bonchev–Trinajstić information content (AvgIpc) is 2.92. The first kappa shape index (κ1) is 15.1. The average molecular weight is 276 g/mol. The highest BCUT2D eigenvalue weighted by Crippen LogP contribution is 2.30. The fourth-order valence-corrected chi connectivity index (χ4v) is 3.09. The third kappa shape index (κ3) is 3.84. The number of rotatable bonds is 7. The van der Waals surface area contributed by atoms with Gasteiger partial charge in [-0.3, -0.25) is 0 Å². The maximum Gasteiger partial charge on any atom is 0.134 e. The molecule has 20 heavy (non-hydrogen) atoms. The van der Waals surface area contributed by atoms with Crippen LogP contribution < -0.4 is 10.6 Å². The highest BCUT2D eigenvalue weighted by Gasteiger charge is 2.16. The van der Waals surface area contributed by atoms with Gasteiger partial charge in [-0.1, -0.05) is 39.5 Å². The largest absolute Gasteiger partial charge is 0.370 e. The molecule has 4 nitrogen and oxygen atoms in total. The van der Waals surface area contributed by atoms with E-state index in [4.69, 9.17) is 0 Å². The topological polar surface area (TPSA) is 49.8 Å².